The van der Waals surface area contributed by atoms with Gasteiger partial charge in [-0.1, -0.05) is 20.8 Å². The molecule has 0 bridgehead atoms. The molecule has 0 radical (unpaired) electrons. The van der Waals surface area contributed by atoms with Gasteiger partial charge in [0.25, 0.3) is 0 Å². The number of hydrogen-bond donors (Lipinski definition) is 1. The molecule has 0 spiro atoms. The van der Waals surface area contributed by atoms with Crippen LogP contribution in [0.5, 0.6) is 0 Å². The Kier molecular flexibility index (Phi) is 7.69. The Bertz CT molecular complexity index is 310. The molecule has 0 aliphatic rings. The normalized spacial score (nSPS) is 11.3. The third-order valence-electron chi connectivity index (χ3n) is 2.75. The van der Waals surface area contributed by atoms with E-state index in [0.717, 1.165) is 57.3 Å². The number of imidazole rings is 1. The molecule has 1 N–H and O–H groups in total. The van der Waals surface area contributed by atoms with Crippen LogP contribution >= 0.6 is 0 Å². The summed E-state index contributed by atoms with van der Waals surface area (Å²) in [5, 5.41) is 3.35. The lowest BCUT2D eigenvalue weighted by atomic mass is 10.1. The van der Waals surface area contributed by atoms with Crippen LogP contribution in [0.1, 0.15) is 39.3 Å². The molecular formula is C14H27N3O. The molecule has 0 aliphatic heterocycles. The van der Waals surface area contributed by atoms with Crippen LogP contribution in [0.2, 0.25) is 0 Å². The maximum atomic E-state index is 5.59. The Labute approximate surface area is 111 Å². The van der Waals surface area contributed by atoms with Crippen LogP contribution in [0.15, 0.2) is 12.5 Å². The molecule has 0 atom stereocenters. The number of hydrogen-bond acceptors (Lipinski definition) is 3. The van der Waals surface area contributed by atoms with Gasteiger partial charge in [-0.2, -0.15) is 0 Å². The highest BCUT2D eigenvalue weighted by atomic mass is 16.5. The molecule has 18 heavy (non-hydrogen) atoms. The molecule has 1 rings (SSSR count). The predicted molar refractivity (Wildman–Crippen MR) is 74.5 cm³/mol. The van der Waals surface area contributed by atoms with E-state index in [2.05, 4.69) is 41.8 Å². The fourth-order valence-electron chi connectivity index (χ4n) is 1.60. The summed E-state index contributed by atoms with van der Waals surface area (Å²) in [5.74, 6) is 0.717. The number of nitrogens with one attached hydrogen (secondary N) is 1. The molecule has 0 unspecified atom stereocenters. The van der Waals surface area contributed by atoms with E-state index >= 15 is 0 Å². The highest BCUT2D eigenvalue weighted by Gasteiger charge is 1.99. The van der Waals surface area contributed by atoms with E-state index in [1.165, 1.54) is 0 Å². The van der Waals surface area contributed by atoms with E-state index in [9.17, 15) is 0 Å². The minimum absolute atomic E-state index is 0.717. The first-order valence-electron chi connectivity index (χ1n) is 7.01. The number of ether oxygens (including phenoxy) is 1. The van der Waals surface area contributed by atoms with Gasteiger partial charge in [0.2, 0.25) is 0 Å². The van der Waals surface area contributed by atoms with Gasteiger partial charge in [-0.25, -0.2) is 4.98 Å². The smallest absolute Gasteiger partial charge is 0.0950 e. The van der Waals surface area contributed by atoms with E-state index in [1.807, 2.05) is 6.33 Å². The summed E-state index contributed by atoms with van der Waals surface area (Å²) in [6.07, 6.45) is 6.27. The van der Waals surface area contributed by atoms with Gasteiger partial charge in [-0.05, 0) is 25.3 Å². The van der Waals surface area contributed by atoms with Crippen LogP contribution in [0.4, 0.5) is 0 Å². The lowest BCUT2D eigenvalue weighted by molar-refractivity contribution is 0.116. The van der Waals surface area contributed by atoms with E-state index in [0.29, 0.717) is 0 Å². The summed E-state index contributed by atoms with van der Waals surface area (Å²) in [5.41, 5.74) is 1.10. The zero-order chi connectivity index (χ0) is 13.2. The largest absolute Gasteiger partial charge is 0.380 e. The Morgan fingerprint density at radius 2 is 2.22 bits per heavy atom. The second-order valence-electron chi connectivity index (χ2n) is 5.07. The van der Waals surface area contributed by atoms with Gasteiger partial charge in [0.15, 0.2) is 0 Å². The molecule has 0 fully saturated rings. The summed E-state index contributed by atoms with van der Waals surface area (Å²) in [6, 6.07) is 0. The van der Waals surface area contributed by atoms with Crippen molar-refractivity contribution in [3.05, 3.63) is 18.2 Å². The second kappa shape index (κ2) is 9.11. The van der Waals surface area contributed by atoms with Gasteiger partial charge in [0.1, 0.15) is 0 Å². The summed E-state index contributed by atoms with van der Waals surface area (Å²) in [7, 11) is 0. The lowest BCUT2D eigenvalue weighted by Gasteiger charge is -2.06. The number of aromatic nitrogens is 2. The maximum Gasteiger partial charge on any atom is 0.0950 e. The summed E-state index contributed by atoms with van der Waals surface area (Å²) >= 11 is 0. The first-order chi connectivity index (χ1) is 8.72. The van der Waals surface area contributed by atoms with Crippen molar-refractivity contribution in [2.45, 2.75) is 46.7 Å². The molecule has 1 aromatic rings. The average Bonchev–Trinajstić information content (AvgIpc) is 2.77. The predicted octanol–water partition coefficient (Wildman–Crippen LogP) is 2.45. The van der Waals surface area contributed by atoms with Gasteiger partial charge in [-0.15, -0.1) is 0 Å². The highest BCUT2D eigenvalue weighted by Crippen LogP contribution is 2.00. The molecule has 1 aromatic heterocycles. The Morgan fingerprint density at radius 3 is 2.94 bits per heavy atom. The van der Waals surface area contributed by atoms with Crippen molar-refractivity contribution in [1.82, 2.24) is 14.9 Å². The molecule has 0 saturated heterocycles. The average molecular weight is 253 g/mol. The van der Waals surface area contributed by atoms with Crippen molar-refractivity contribution < 1.29 is 4.74 Å². The van der Waals surface area contributed by atoms with Gasteiger partial charge in [-0.3, -0.25) is 0 Å². The van der Waals surface area contributed by atoms with Crippen molar-refractivity contribution in [3.8, 4) is 0 Å². The van der Waals surface area contributed by atoms with Crippen molar-refractivity contribution in [3.63, 3.8) is 0 Å². The van der Waals surface area contributed by atoms with Gasteiger partial charge in [0, 0.05) is 25.9 Å². The van der Waals surface area contributed by atoms with Crippen LogP contribution < -0.4 is 5.32 Å². The van der Waals surface area contributed by atoms with Crippen LogP contribution in [0, 0.1) is 5.92 Å². The molecule has 4 heteroatoms. The zero-order valence-electron chi connectivity index (χ0n) is 12.0. The molecule has 4 nitrogen and oxygen atoms in total. The lowest BCUT2D eigenvalue weighted by Crippen LogP contribution is -2.14. The molecular weight excluding hydrogens is 226 g/mol. The van der Waals surface area contributed by atoms with Gasteiger partial charge in [0.05, 0.1) is 18.6 Å². The minimum atomic E-state index is 0.717. The third kappa shape index (κ3) is 6.77. The van der Waals surface area contributed by atoms with Crippen molar-refractivity contribution in [1.29, 1.82) is 0 Å². The van der Waals surface area contributed by atoms with E-state index in [4.69, 9.17) is 4.74 Å². The maximum absolute atomic E-state index is 5.59. The molecule has 104 valence electrons. The molecule has 0 aromatic carbocycles. The summed E-state index contributed by atoms with van der Waals surface area (Å²) in [6.45, 7) is 11.0. The van der Waals surface area contributed by atoms with Gasteiger partial charge < -0.3 is 14.6 Å². The standard InChI is InChI=1S/C14H27N3O/c1-4-6-15-10-14-11-17(12-16-14)7-9-18-8-5-13(2)3/h11-13,15H,4-10H2,1-3H3. The van der Waals surface area contributed by atoms with Crippen LogP contribution in [-0.4, -0.2) is 29.3 Å². The Balaban J connectivity index is 2.11. The monoisotopic (exact) mass is 253 g/mol. The highest BCUT2D eigenvalue weighted by molar-refractivity contribution is 4.95. The zero-order valence-corrected chi connectivity index (χ0v) is 12.0. The van der Waals surface area contributed by atoms with Crippen molar-refractivity contribution in [2.24, 2.45) is 5.92 Å². The van der Waals surface area contributed by atoms with Crippen LogP contribution in [0.25, 0.3) is 0 Å². The SMILES string of the molecule is CCCNCc1cn(CCOCCC(C)C)cn1. The molecule has 1 heterocycles. The molecule has 0 aliphatic carbocycles. The van der Waals surface area contributed by atoms with Crippen LogP contribution in [0.3, 0.4) is 0 Å². The Hall–Kier alpha value is -0.870. The van der Waals surface area contributed by atoms with Crippen LogP contribution in [-0.2, 0) is 17.8 Å². The first kappa shape index (κ1) is 15.2. The quantitative estimate of drug-likeness (QED) is 0.651. The summed E-state index contributed by atoms with van der Waals surface area (Å²) in [4.78, 5) is 4.36. The Morgan fingerprint density at radius 1 is 1.39 bits per heavy atom. The van der Waals surface area contributed by atoms with Gasteiger partial charge >= 0.3 is 0 Å². The van der Waals surface area contributed by atoms with E-state index < -0.39 is 0 Å². The number of rotatable bonds is 10. The fraction of sp³-hybridized carbons (Fsp3) is 0.786. The number of nitrogens with zero attached hydrogens (tertiary/aromatic N) is 2. The third-order valence-corrected chi connectivity index (χ3v) is 2.75. The minimum Gasteiger partial charge on any atom is -0.380 e. The van der Waals surface area contributed by atoms with Crippen molar-refractivity contribution in [2.75, 3.05) is 19.8 Å². The van der Waals surface area contributed by atoms with E-state index in [-0.39, 0.29) is 0 Å². The summed E-state index contributed by atoms with van der Waals surface area (Å²) < 4.78 is 7.69. The van der Waals surface area contributed by atoms with E-state index in [1.54, 1.807) is 0 Å². The second-order valence-corrected chi connectivity index (χ2v) is 5.07. The topological polar surface area (TPSA) is 39.1 Å². The first-order valence-corrected chi connectivity index (χ1v) is 7.01. The fourth-order valence-corrected chi connectivity index (χ4v) is 1.60. The molecule has 0 saturated carbocycles. The van der Waals surface area contributed by atoms with Crippen molar-refractivity contribution >= 4 is 0 Å². The molecule has 0 amide bonds.